The van der Waals surface area contributed by atoms with Crippen LogP contribution in [0.2, 0.25) is 0 Å². The Labute approximate surface area is 188 Å². The highest BCUT2D eigenvalue weighted by molar-refractivity contribution is 5.95. The lowest BCUT2D eigenvalue weighted by molar-refractivity contribution is -0.0137. The van der Waals surface area contributed by atoms with Crippen molar-refractivity contribution in [3.8, 4) is 0 Å². The molecule has 0 bridgehead atoms. The molecule has 2 N–H and O–H groups in total. The van der Waals surface area contributed by atoms with Gasteiger partial charge in [0.05, 0.1) is 13.1 Å². The van der Waals surface area contributed by atoms with Crippen LogP contribution >= 0.6 is 0 Å². The second-order valence-electron chi connectivity index (χ2n) is 8.64. The Morgan fingerprint density at radius 3 is 2.81 bits per heavy atom. The normalized spacial score (nSPS) is 19.5. The molecule has 32 heavy (non-hydrogen) atoms. The fourth-order valence-corrected chi connectivity index (χ4v) is 4.15. The van der Waals surface area contributed by atoms with Crippen LogP contribution in [0.15, 0.2) is 61.2 Å². The van der Waals surface area contributed by atoms with Crippen molar-refractivity contribution < 1.29 is 9.90 Å². The minimum atomic E-state index is -1.08. The molecule has 2 aromatic heterocycles. The van der Waals surface area contributed by atoms with Gasteiger partial charge in [0, 0.05) is 62.2 Å². The van der Waals surface area contributed by atoms with Crippen molar-refractivity contribution >= 4 is 11.6 Å². The number of likely N-dealkylation sites (N-methyl/N-ethyl adjacent to an activating group) is 1. The van der Waals surface area contributed by atoms with E-state index in [2.05, 4.69) is 20.3 Å². The maximum absolute atomic E-state index is 13.4. The average molecular weight is 435 g/mol. The van der Waals surface area contributed by atoms with Gasteiger partial charge >= 0.3 is 0 Å². The molecule has 168 valence electrons. The van der Waals surface area contributed by atoms with Crippen LogP contribution in [0.25, 0.3) is 0 Å². The zero-order chi connectivity index (χ0) is 22.6. The molecule has 1 unspecified atom stereocenters. The number of anilines is 1. The summed E-state index contributed by atoms with van der Waals surface area (Å²) in [6, 6.07) is 11.5. The fraction of sp³-hybridized carbons (Fsp3) is 0.375. The van der Waals surface area contributed by atoms with Gasteiger partial charge in [0.15, 0.2) is 0 Å². The van der Waals surface area contributed by atoms with Gasteiger partial charge in [0.2, 0.25) is 0 Å². The summed E-state index contributed by atoms with van der Waals surface area (Å²) in [5, 5.41) is 19.0. The lowest BCUT2D eigenvalue weighted by atomic mass is 10.0. The molecule has 1 atom stereocenters. The third-order valence-corrected chi connectivity index (χ3v) is 5.79. The first-order valence-corrected chi connectivity index (χ1v) is 10.8. The van der Waals surface area contributed by atoms with E-state index < -0.39 is 5.60 Å². The summed E-state index contributed by atoms with van der Waals surface area (Å²) in [6.45, 7) is 4.97. The maximum Gasteiger partial charge on any atom is 0.254 e. The smallest absolute Gasteiger partial charge is 0.254 e. The van der Waals surface area contributed by atoms with Crippen molar-refractivity contribution in [2.45, 2.75) is 25.6 Å². The molecule has 3 heterocycles. The van der Waals surface area contributed by atoms with Crippen molar-refractivity contribution in [2.75, 3.05) is 38.5 Å². The van der Waals surface area contributed by atoms with Crippen molar-refractivity contribution in [1.82, 2.24) is 24.6 Å². The summed E-state index contributed by atoms with van der Waals surface area (Å²) in [5.41, 5.74) is 2.58. The topological polar surface area (TPSA) is 86.5 Å². The Hall–Kier alpha value is -3.23. The monoisotopic (exact) mass is 434 g/mol. The molecule has 8 heteroatoms. The van der Waals surface area contributed by atoms with Crippen molar-refractivity contribution in [3.05, 3.63) is 77.9 Å². The number of carbonyl (C=O) groups is 1. The minimum Gasteiger partial charge on any atom is -0.385 e. The van der Waals surface area contributed by atoms with Crippen LogP contribution in [0.3, 0.4) is 0 Å². The first-order valence-electron chi connectivity index (χ1n) is 10.8. The van der Waals surface area contributed by atoms with Gasteiger partial charge < -0.3 is 20.2 Å². The number of nitrogens with zero attached hydrogens (tertiary/aromatic N) is 5. The molecule has 0 radical (unpaired) electrons. The molecule has 0 spiro atoms. The fourth-order valence-electron chi connectivity index (χ4n) is 4.15. The summed E-state index contributed by atoms with van der Waals surface area (Å²) in [6.07, 6.45) is 7.10. The van der Waals surface area contributed by atoms with Crippen LogP contribution in [0.5, 0.6) is 0 Å². The molecular formula is C24H30N6O2. The summed E-state index contributed by atoms with van der Waals surface area (Å²) in [5.74, 6) is -0.0800. The SMILES string of the molecule is Cc1ccc(C(=O)N2CCN(C)CC(O)(Cn3cccn3)C2)cc1NCc1cccnc1. The third-order valence-electron chi connectivity index (χ3n) is 5.79. The average Bonchev–Trinajstić information content (AvgIpc) is 3.23. The zero-order valence-electron chi connectivity index (χ0n) is 18.6. The van der Waals surface area contributed by atoms with Crippen LogP contribution in [0.1, 0.15) is 21.5 Å². The van der Waals surface area contributed by atoms with Gasteiger partial charge in [0.1, 0.15) is 5.60 Å². The number of rotatable bonds is 6. The van der Waals surface area contributed by atoms with E-state index in [-0.39, 0.29) is 12.5 Å². The van der Waals surface area contributed by atoms with E-state index in [0.717, 1.165) is 16.8 Å². The standard InChI is InChI=1S/C24H30N6O2/c1-19-6-7-21(13-22(19)26-15-20-5-3-8-25-14-20)23(31)29-12-11-28(2)16-24(32,17-29)18-30-10-4-9-27-30/h3-10,13-14,26,32H,11-12,15-18H2,1-2H3. The van der Waals surface area contributed by atoms with Crippen LogP contribution in [0.4, 0.5) is 5.69 Å². The van der Waals surface area contributed by atoms with E-state index in [1.54, 1.807) is 22.0 Å². The van der Waals surface area contributed by atoms with Crippen LogP contribution < -0.4 is 5.32 Å². The Morgan fingerprint density at radius 1 is 1.19 bits per heavy atom. The Bertz CT molecular complexity index is 1040. The highest BCUT2D eigenvalue weighted by Crippen LogP contribution is 2.22. The van der Waals surface area contributed by atoms with Crippen LogP contribution in [-0.2, 0) is 13.1 Å². The highest BCUT2D eigenvalue weighted by Gasteiger charge is 2.36. The number of benzene rings is 1. The Kier molecular flexibility index (Phi) is 6.53. The number of hydrogen-bond donors (Lipinski definition) is 2. The first kappa shape index (κ1) is 22.0. The molecule has 3 aromatic rings. The van der Waals surface area contributed by atoms with E-state index in [1.165, 1.54) is 0 Å². The number of aryl methyl sites for hydroxylation is 1. The molecule has 0 aliphatic carbocycles. The van der Waals surface area contributed by atoms with E-state index in [1.807, 2.05) is 62.8 Å². The Morgan fingerprint density at radius 2 is 2.06 bits per heavy atom. The second-order valence-corrected chi connectivity index (χ2v) is 8.64. The Balaban J connectivity index is 1.50. The molecule has 1 aliphatic rings. The number of amides is 1. The minimum absolute atomic E-state index is 0.0800. The van der Waals surface area contributed by atoms with E-state index in [9.17, 15) is 9.90 Å². The molecule has 1 fully saturated rings. The van der Waals surface area contributed by atoms with Gasteiger partial charge in [-0.15, -0.1) is 0 Å². The third kappa shape index (κ3) is 5.33. The predicted molar refractivity (Wildman–Crippen MR) is 123 cm³/mol. The zero-order valence-corrected chi connectivity index (χ0v) is 18.6. The van der Waals surface area contributed by atoms with Gasteiger partial charge in [-0.3, -0.25) is 14.5 Å². The largest absolute Gasteiger partial charge is 0.385 e. The lowest BCUT2D eigenvalue weighted by Gasteiger charge is -2.32. The van der Waals surface area contributed by atoms with E-state index >= 15 is 0 Å². The van der Waals surface area contributed by atoms with E-state index in [0.29, 0.717) is 38.3 Å². The molecule has 0 saturated carbocycles. The number of pyridine rings is 1. The predicted octanol–water partition coefficient (Wildman–Crippen LogP) is 2.02. The molecule has 1 saturated heterocycles. The quantitative estimate of drug-likeness (QED) is 0.617. The summed E-state index contributed by atoms with van der Waals surface area (Å²) < 4.78 is 1.72. The molecule has 1 aliphatic heterocycles. The van der Waals surface area contributed by atoms with Gasteiger partial charge in [-0.1, -0.05) is 12.1 Å². The second kappa shape index (κ2) is 9.50. The molecule has 8 nitrogen and oxygen atoms in total. The highest BCUT2D eigenvalue weighted by atomic mass is 16.3. The molecule has 1 amide bonds. The van der Waals surface area contributed by atoms with E-state index in [4.69, 9.17) is 0 Å². The summed E-state index contributed by atoms with van der Waals surface area (Å²) in [7, 11) is 1.97. The summed E-state index contributed by atoms with van der Waals surface area (Å²) in [4.78, 5) is 21.4. The van der Waals surface area contributed by atoms with Crippen molar-refractivity contribution in [3.63, 3.8) is 0 Å². The van der Waals surface area contributed by atoms with Crippen LogP contribution in [0, 0.1) is 6.92 Å². The van der Waals surface area contributed by atoms with Crippen molar-refractivity contribution in [1.29, 1.82) is 0 Å². The van der Waals surface area contributed by atoms with Crippen molar-refractivity contribution in [2.24, 2.45) is 0 Å². The van der Waals surface area contributed by atoms with Gasteiger partial charge in [-0.2, -0.15) is 5.10 Å². The summed E-state index contributed by atoms with van der Waals surface area (Å²) >= 11 is 0. The maximum atomic E-state index is 13.4. The number of nitrogens with one attached hydrogen (secondary N) is 1. The van der Waals surface area contributed by atoms with Gasteiger partial charge in [0.25, 0.3) is 5.91 Å². The lowest BCUT2D eigenvalue weighted by Crippen LogP contribution is -2.50. The molecule has 1 aromatic carbocycles. The number of aromatic nitrogens is 3. The number of hydrogen-bond acceptors (Lipinski definition) is 6. The van der Waals surface area contributed by atoms with Crippen LogP contribution in [-0.4, -0.2) is 74.4 Å². The molecule has 4 rings (SSSR count). The van der Waals surface area contributed by atoms with Gasteiger partial charge in [-0.25, -0.2) is 0 Å². The molecular weight excluding hydrogens is 404 g/mol. The number of aliphatic hydroxyl groups is 1. The number of carbonyl (C=O) groups excluding carboxylic acids is 1. The van der Waals surface area contributed by atoms with Gasteiger partial charge in [-0.05, 0) is 49.4 Å². The first-order chi connectivity index (χ1) is 15.4. The number of β-amino-alcohol motifs (C(OH)–C–C–N with tert-alkyl or cyclic N) is 1.